The summed E-state index contributed by atoms with van der Waals surface area (Å²) in [5.74, 6) is -1.79. The van der Waals surface area contributed by atoms with Gasteiger partial charge in [0.2, 0.25) is 0 Å². The van der Waals surface area contributed by atoms with Crippen molar-refractivity contribution in [3.05, 3.63) is 69.8 Å². The van der Waals surface area contributed by atoms with E-state index in [2.05, 4.69) is 22.8 Å². The van der Waals surface area contributed by atoms with Gasteiger partial charge in [0.25, 0.3) is 5.69 Å². The van der Waals surface area contributed by atoms with Crippen LogP contribution in [0.3, 0.4) is 0 Å². The molecule has 0 heterocycles. The molecule has 2 aromatic carbocycles. The van der Waals surface area contributed by atoms with Crippen LogP contribution in [0.4, 0.5) is 11.4 Å². The van der Waals surface area contributed by atoms with E-state index in [-0.39, 0.29) is 5.69 Å². The molecular weight excluding hydrogens is 348 g/mol. The van der Waals surface area contributed by atoms with Crippen LogP contribution in [0.1, 0.15) is 30.9 Å². The van der Waals surface area contributed by atoms with Crippen molar-refractivity contribution in [2.24, 2.45) is 5.10 Å². The van der Waals surface area contributed by atoms with E-state index in [1.54, 1.807) is 18.2 Å². The third-order valence-electron chi connectivity index (χ3n) is 3.70. The lowest BCUT2D eigenvalue weighted by Crippen LogP contribution is -2.32. The van der Waals surface area contributed by atoms with E-state index < -0.39 is 16.7 Å². The number of non-ortho nitro benzene ring substituents is 1. The maximum atomic E-state index is 11.9. The van der Waals surface area contributed by atoms with Gasteiger partial charge in [-0.2, -0.15) is 5.10 Å². The van der Waals surface area contributed by atoms with E-state index in [1.165, 1.54) is 30.0 Å². The monoisotopic (exact) mass is 368 g/mol. The van der Waals surface area contributed by atoms with Crippen molar-refractivity contribution in [2.75, 3.05) is 5.32 Å². The number of unbranched alkanes of at least 4 members (excludes halogenated alkanes) is 1. The summed E-state index contributed by atoms with van der Waals surface area (Å²) in [7, 11) is 0. The Balaban J connectivity index is 1.87. The number of nitrogens with one attached hydrogen (secondary N) is 2. The minimum absolute atomic E-state index is 0.0922. The summed E-state index contributed by atoms with van der Waals surface area (Å²) in [6, 6.07) is 13.0. The third-order valence-corrected chi connectivity index (χ3v) is 3.70. The predicted octanol–water partition coefficient (Wildman–Crippen LogP) is 3.03. The van der Waals surface area contributed by atoms with Crippen LogP contribution in [0.15, 0.2) is 53.6 Å². The largest absolute Gasteiger partial charge is 0.329 e. The fraction of sp³-hybridized carbons (Fsp3) is 0.211. The Kier molecular flexibility index (Phi) is 7.18. The lowest BCUT2D eigenvalue weighted by Gasteiger charge is -2.05. The zero-order chi connectivity index (χ0) is 19.6. The van der Waals surface area contributed by atoms with Crippen LogP contribution >= 0.6 is 0 Å². The number of hydrogen-bond donors (Lipinski definition) is 2. The number of hydrazone groups is 1. The van der Waals surface area contributed by atoms with E-state index in [1.807, 2.05) is 12.1 Å². The first kappa shape index (κ1) is 19.8. The van der Waals surface area contributed by atoms with Gasteiger partial charge in [-0.15, -0.1) is 0 Å². The molecule has 0 atom stereocenters. The Hall–Kier alpha value is -3.55. The number of nitro groups is 1. The number of rotatable bonds is 7. The number of carbonyl (C=O) groups is 2. The van der Waals surface area contributed by atoms with E-state index in [0.717, 1.165) is 19.3 Å². The summed E-state index contributed by atoms with van der Waals surface area (Å²) >= 11 is 0. The molecule has 0 aliphatic carbocycles. The van der Waals surface area contributed by atoms with Gasteiger partial charge in [-0.1, -0.05) is 37.6 Å². The molecule has 0 fully saturated rings. The number of anilines is 1. The van der Waals surface area contributed by atoms with Crippen LogP contribution in [0.25, 0.3) is 0 Å². The summed E-state index contributed by atoms with van der Waals surface area (Å²) < 4.78 is 0. The molecule has 0 bridgehead atoms. The lowest BCUT2D eigenvalue weighted by atomic mass is 10.1. The van der Waals surface area contributed by atoms with Crippen molar-refractivity contribution in [1.82, 2.24) is 5.43 Å². The maximum absolute atomic E-state index is 11.9. The summed E-state index contributed by atoms with van der Waals surface area (Å²) in [4.78, 5) is 33.8. The molecule has 27 heavy (non-hydrogen) atoms. The normalized spacial score (nSPS) is 10.6. The average Bonchev–Trinajstić information content (AvgIpc) is 2.67. The molecule has 0 aromatic heterocycles. The topological polar surface area (TPSA) is 114 Å². The number of hydrogen-bond acceptors (Lipinski definition) is 5. The summed E-state index contributed by atoms with van der Waals surface area (Å²) in [6.07, 6.45) is 4.39. The van der Waals surface area contributed by atoms with E-state index in [9.17, 15) is 19.7 Å². The zero-order valence-electron chi connectivity index (χ0n) is 14.8. The molecule has 8 heteroatoms. The lowest BCUT2D eigenvalue weighted by molar-refractivity contribution is -0.384. The van der Waals surface area contributed by atoms with Crippen LogP contribution in [0.2, 0.25) is 0 Å². The van der Waals surface area contributed by atoms with Crippen LogP contribution in [0.5, 0.6) is 0 Å². The van der Waals surface area contributed by atoms with E-state index in [4.69, 9.17) is 0 Å². The molecule has 2 N–H and O–H groups in total. The van der Waals surface area contributed by atoms with Crippen LogP contribution in [-0.4, -0.2) is 23.0 Å². The molecular formula is C19H20N4O4. The first-order valence-electron chi connectivity index (χ1n) is 8.47. The quantitative estimate of drug-likeness (QED) is 0.338. The molecule has 140 valence electrons. The molecule has 0 aliphatic rings. The minimum Gasteiger partial charge on any atom is -0.318 e. The summed E-state index contributed by atoms with van der Waals surface area (Å²) in [6.45, 7) is 2.12. The molecule has 0 radical (unpaired) electrons. The van der Waals surface area contributed by atoms with E-state index >= 15 is 0 Å². The predicted molar refractivity (Wildman–Crippen MR) is 103 cm³/mol. The van der Waals surface area contributed by atoms with Crippen molar-refractivity contribution >= 4 is 29.4 Å². The number of aryl methyl sites for hydroxylation is 1. The molecule has 0 unspecified atom stereocenters. The molecule has 0 spiro atoms. The molecule has 0 saturated heterocycles. The molecule has 2 amide bonds. The second kappa shape index (κ2) is 9.81. The van der Waals surface area contributed by atoms with Crippen molar-refractivity contribution in [2.45, 2.75) is 26.2 Å². The number of carbonyl (C=O) groups excluding carboxylic acids is 2. The van der Waals surface area contributed by atoms with Gasteiger partial charge in [0.1, 0.15) is 0 Å². The first-order valence-corrected chi connectivity index (χ1v) is 8.47. The number of benzene rings is 2. The maximum Gasteiger partial charge on any atom is 0.329 e. The van der Waals surface area contributed by atoms with Crippen molar-refractivity contribution in [1.29, 1.82) is 0 Å². The number of nitrogens with zero attached hydrogens (tertiary/aromatic N) is 2. The van der Waals surface area contributed by atoms with Crippen LogP contribution < -0.4 is 10.7 Å². The average molecular weight is 368 g/mol. The van der Waals surface area contributed by atoms with Gasteiger partial charge >= 0.3 is 11.8 Å². The Bertz CT molecular complexity index is 847. The highest BCUT2D eigenvalue weighted by Crippen LogP contribution is 2.12. The Labute approximate surface area is 156 Å². The van der Waals surface area contributed by atoms with Crippen LogP contribution in [-0.2, 0) is 16.0 Å². The second-order valence-electron chi connectivity index (χ2n) is 5.81. The van der Waals surface area contributed by atoms with Gasteiger partial charge in [0.15, 0.2) is 0 Å². The molecule has 8 nitrogen and oxygen atoms in total. The molecule has 2 aromatic rings. The summed E-state index contributed by atoms with van der Waals surface area (Å²) in [5, 5.41) is 16.8. The first-order chi connectivity index (χ1) is 13.0. The Morgan fingerprint density at radius 2 is 1.89 bits per heavy atom. The minimum atomic E-state index is -0.938. The Morgan fingerprint density at radius 1 is 1.15 bits per heavy atom. The van der Waals surface area contributed by atoms with Gasteiger partial charge in [-0.3, -0.25) is 19.7 Å². The molecule has 0 saturated carbocycles. The van der Waals surface area contributed by atoms with Gasteiger partial charge in [-0.25, -0.2) is 5.43 Å². The summed E-state index contributed by atoms with van der Waals surface area (Å²) in [5.41, 5.74) is 4.10. The molecule has 0 aliphatic heterocycles. The van der Waals surface area contributed by atoms with Crippen LogP contribution in [0, 0.1) is 10.1 Å². The van der Waals surface area contributed by atoms with Crippen molar-refractivity contribution < 1.29 is 14.5 Å². The van der Waals surface area contributed by atoms with Gasteiger partial charge in [0, 0.05) is 23.4 Å². The van der Waals surface area contributed by atoms with E-state index in [0.29, 0.717) is 11.3 Å². The smallest absolute Gasteiger partial charge is 0.318 e. The van der Waals surface area contributed by atoms with Gasteiger partial charge < -0.3 is 5.32 Å². The Morgan fingerprint density at radius 3 is 2.56 bits per heavy atom. The zero-order valence-corrected chi connectivity index (χ0v) is 14.8. The van der Waals surface area contributed by atoms with Crippen molar-refractivity contribution in [3.8, 4) is 0 Å². The number of nitro benzene ring substituents is 1. The van der Waals surface area contributed by atoms with Crippen molar-refractivity contribution in [3.63, 3.8) is 0 Å². The highest BCUT2D eigenvalue weighted by molar-refractivity contribution is 6.39. The van der Waals surface area contributed by atoms with Gasteiger partial charge in [0.05, 0.1) is 11.1 Å². The fourth-order valence-corrected chi connectivity index (χ4v) is 2.26. The highest BCUT2D eigenvalue weighted by atomic mass is 16.6. The third kappa shape index (κ3) is 6.35. The standard InChI is InChI=1S/C19H20N4O4/c1-2-3-5-14-8-10-16(11-9-14)21-18(24)19(25)22-20-13-15-6-4-7-17(12-15)23(26)27/h4,6-13H,2-3,5H2,1H3,(H,21,24)(H,22,25)/b20-13-. The molecule has 2 rings (SSSR count). The fourth-order valence-electron chi connectivity index (χ4n) is 2.26. The van der Waals surface area contributed by atoms with Gasteiger partial charge in [-0.05, 0) is 30.5 Å². The second-order valence-corrected chi connectivity index (χ2v) is 5.81. The SMILES string of the molecule is CCCCc1ccc(NC(=O)C(=O)N/N=C\c2cccc([N+](=O)[O-])c2)cc1. The highest BCUT2D eigenvalue weighted by Gasteiger charge is 2.12. The number of amides is 2.